The fourth-order valence-corrected chi connectivity index (χ4v) is 5.13. The highest BCUT2D eigenvalue weighted by Gasteiger charge is 2.59. The molecule has 126 valence electrons. The van der Waals surface area contributed by atoms with Gasteiger partial charge in [-0.15, -0.1) is 0 Å². The lowest BCUT2D eigenvalue weighted by atomic mass is 9.81. The van der Waals surface area contributed by atoms with Gasteiger partial charge >= 0.3 is 0 Å². The van der Waals surface area contributed by atoms with Gasteiger partial charge in [0.1, 0.15) is 5.76 Å². The predicted molar refractivity (Wildman–Crippen MR) is 86.9 cm³/mol. The van der Waals surface area contributed by atoms with Gasteiger partial charge in [-0.3, -0.25) is 4.79 Å². The average molecular weight is 317 g/mol. The SMILES string of the molecule is COC12CCC(C(=O)N3Cc4ccoc4CC(C)(C)C3)(CC1)C2. The molecule has 4 rings (SSSR count). The first-order valence-electron chi connectivity index (χ1n) is 8.77. The quantitative estimate of drug-likeness (QED) is 0.838. The van der Waals surface area contributed by atoms with E-state index in [1.54, 1.807) is 13.4 Å². The van der Waals surface area contributed by atoms with Crippen LogP contribution in [0.25, 0.3) is 0 Å². The third-order valence-corrected chi connectivity index (χ3v) is 6.41. The van der Waals surface area contributed by atoms with Crippen LogP contribution in [0.15, 0.2) is 16.7 Å². The van der Waals surface area contributed by atoms with Gasteiger partial charge in [0.15, 0.2) is 0 Å². The Hall–Kier alpha value is -1.29. The molecule has 2 bridgehead atoms. The topological polar surface area (TPSA) is 42.7 Å². The highest BCUT2D eigenvalue weighted by molar-refractivity contribution is 5.84. The standard InChI is InChI=1S/C19H27NO3/c1-17(2)10-15-14(4-9-23-15)11-20(13-17)16(21)18-5-7-19(12-18,22-3)8-6-18/h4,9H,5-8,10-13H2,1-3H3. The Labute approximate surface area is 138 Å². The maximum absolute atomic E-state index is 13.5. The first-order chi connectivity index (χ1) is 10.9. The summed E-state index contributed by atoms with van der Waals surface area (Å²) in [7, 11) is 1.80. The molecule has 0 unspecified atom stereocenters. The zero-order chi connectivity index (χ0) is 16.3. The first-order valence-corrected chi connectivity index (χ1v) is 8.77. The second-order valence-electron chi connectivity index (χ2n) is 8.72. The predicted octanol–water partition coefficient (Wildman–Crippen LogP) is 3.54. The molecule has 0 aromatic carbocycles. The van der Waals surface area contributed by atoms with Crippen LogP contribution in [0, 0.1) is 10.8 Å². The normalized spacial score (nSPS) is 35.2. The van der Waals surface area contributed by atoms with Gasteiger partial charge in [-0.05, 0) is 43.6 Å². The molecule has 1 aromatic heterocycles. The van der Waals surface area contributed by atoms with E-state index in [0.29, 0.717) is 12.5 Å². The molecule has 2 heterocycles. The van der Waals surface area contributed by atoms with E-state index in [9.17, 15) is 4.79 Å². The molecule has 4 heteroatoms. The summed E-state index contributed by atoms with van der Waals surface area (Å²) >= 11 is 0. The summed E-state index contributed by atoms with van der Waals surface area (Å²) in [5.41, 5.74) is 1.01. The van der Waals surface area contributed by atoms with E-state index in [1.165, 1.54) is 5.56 Å². The fourth-order valence-electron chi connectivity index (χ4n) is 5.13. The summed E-state index contributed by atoms with van der Waals surface area (Å²) in [6, 6.07) is 2.03. The van der Waals surface area contributed by atoms with Crippen LogP contribution in [0.4, 0.5) is 0 Å². The van der Waals surface area contributed by atoms with Crippen LogP contribution < -0.4 is 0 Å². The Morgan fingerprint density at radius 2 is 2.00 bits per heavy atom. The molecule has 0 saturated heterocycles. The van der Waals surface area contributed by atoms with E-state index in [2.05, 4.69) is 18.7 Å². The molecular weight excluding hydrogens is 290 g/mol. The lowest BCUT2D eigenvalue weighted by Gasteiger charge is -2.35. The molecule has 3 aliphatic rings. The fraction of sp³-hybridized carbons (Fsp3) is 0.737. The Balaban J connectivity index is 1.62. The summed E-state index contributed by atoms with van der Waals surface area (Å²) in [5.74, 6) is 1.39. The van der Waals surface area contributed by atoms with Gasteiger partial charge in [0.2, 0.25) is 5.91 Å². The van der Waals surface area contributed by atoms with E-state index in [-0.39, 0.29) is 16.4 Å². The van der Waals surface area contributed by atoms with Crippen molar-refractivity contribution in [3.8, 4) is 0 Å². The lowest BCUT2D eigenvalue weighted by molar-refractivity contribution is -0.143. The minimum absolute atomic E-state index is 0.0299. The maximum atomic E-state index is 13.5. The van der Waals surface area contributed by atoms with Crippen LogP contribution >= 0.6 is 0 Å². The number of methoxy groups -OCH3 is 1. The van der Waals surface area contributed by atoms with Gasteiger partial charge in [0.25, 0.3) is 0 Å². The zero-order valence-corrected chi connectivity index (χ0v) is 14.5. The third-order valence-electron chi connectivity index (χ3n) is 6.41. The van der Waals surface area contributed by atoms with Crippen molar-refractivity contribution in [1.82, 2.24) is 4.90 Å². The molecule has 23 heavy (non-hydrogen) atoms. The Kier molecular flexibility index (Phi) is 3.22. The van der Waals surface area contributed by atoms with E-state index >= 15 is 0 Å². The highest BCUT2D eigenvalue weighted by atomic mass is 16.5. The summed E-state index contributed by atoms with van der Waals surface area (Å²) in [6.45, 7) is 5.95. The number of rotatable bonds is 2. The summed E-state index contributed by atoms with van der Waals surface area (Å²) in [5, 5.41) is 0. The Morgan fingerprint density at radius 3 is 2.65 bits per heavy atom. The number of nitrogens with zero attached hydrogens (tertiary/aromatic N) is 1. The number of furan rings is 1. The first kappa shape index (κ1) is 15.3. The molecule has 1 aromatic rings. The van der Waals surface area contributed by atoms with E-state index < -0.39 is 0 Å². The summed E-state index contributed by atoms with van der Waals surface area (Å²) in [6.07, 6.45) is 7.59. The number of hydrogen-bond acceptors (Lipinski definition) is 3. The highest BCUT2D eigenvalue weighted by Crippen LogP contribution is 2.59. The minimum Gasteiger partial charge on any atom is -0.469 e. The van der Waals surface area contributed by atoms with Crippen molar-refractivity contribution < 1.29 is 13.9 Å². The molecule has 2 saturated carbocycles. The van der Waals surface area contributed by atoms with Crippen molar-refractivity contribution >= 4 is 5.91 Å². The molecule has 0 spiro atoms. The van der Waals surface area contributed by atoms with Gasteiger partial charge in [-0.1, -0.05) is 13.8 Å². The van der Waals surface area contributed by atoms with Crippen molar-refractivity contribution in [2.75, 3.05) is 13.7 Å². The summed E-state index contributed by atoms with van der Waals surface area (Å²) in [4.78, 5) is 15.5. The lowest BCUT2D eigenvalue weighted by Crippen LogP contribution is -2.45. The van der Waals surface area contributed by atoms with Crippen LogP contribution in [0.1, 0.15) is 57.3 Å². The average Bonchev–Trinajstić information content (AvgIpc) is 3.19. The number of ether oxygens (including phenoxy) is 1. The Morgan fingerprint density at radius 1 is 1.26 bits per heavy atom. The zero-order valence-electron chi connectivity index (χ0n) is 14.5. The van der Waals surface area contributed by atoms with Gasteiger partial charge in [-0.2, -0.15) is 0 Å². The molecule has 2 fully saturated rings. The molecule has 1 amide bonds. The molecule has 1 aliphatic heterocycles. The molecular formula is C19H27NO3. The van der Waals surface area contributed by atoms with Gasteiger partial charge in [0.05, 0.1) is 17.3 Å². The smallest absolute Gasteiger partial charge is 0.229 e. The van der Waals surface area contributed by atoms with E-state index in [4.69, 9.17) is 9.15 Å². The van der Waals surface area contributed by atoms with Gasteiger partial charge in [0, 0.05) is 32.2 Å². The molecule has 4 nitrogen and oxygen atoms in total. The second kappa shape index (κ2) is 4.85. The number of amides is 1. The Bertz CT molecular complexity index is 622. The minimum atomic E-state index is -0.180. The second-order valence-corrected chi connectivity index (χ2v) is 8.72. The largest absolute Gasteiger partial charge is 0.469 e. The van der Waals surface area contributed by atoms with Crippen molar-refractivity contribution in [1.29, 1.82) is 0 Å². The molecule has 2 aliphatic carbocycles. The monoisotopic (exact) mass is 317 g/mol. The number of hydrogen-bond donors (Lipinski definition) is 0. The third kappa shape index (κ3) is 2.34. The molecule has 0 atom stereocenters. The molecule has 0 radical (unpaired) electrons. The van der Waals surface area contributed by atoms with Crippen molar-refractivity contribution in [3.63, 3.8) is 0 Å². The van der Waals surface area contributed by atoms with Crippen LogP contribution in [0.5, 0.6) is 0 Å². The number of carbonyl (C=O) groups is 1. The van der Waals surface area contributed by atoms with Crippen LogP contribution in [0.3, 0.4) is 0 Å². The van der Waals surface area contributed by atoms with Crippen molar-refractivity contribution in [2.24, 2.45) is 10.8 Å². The number of fused-ring (bicyclic) bond motifs is 3. The van der Waals surface area contributed by atoms with E-state index in [1.807, 2.05) is 6.07 Å². The molecule has 0 N–H and O–H groups in total. The van der Waals surface area contributed by atoms with Crippen LogP contribution in [-0.2, 0) is 22.5 Å². The summed E-state index contributed by atoms with van der Waals surface area (Å²) < 4.78 is 11.4. The van der Waals surface area contributed by atoms with Crippen LogP contribution in [-0.4, -0.2) is 30.1 Å². The van der Waals surface area contributed by atoms with Gasteiger partial charge in [-0.25, -0.2) is 0 Å². The number of carbonyl (C=O) groups excluding carboxylic acids is 1. The maximum Gasteiger partial charge on any atom is 0.229 e. The van der Waals surface area contributed by atoms with Crippen molar-refractivity contribution in [3.05, 3.63) is 23.7 Å². The van der Waals surface area contributed by atoms with Gasteiger partial charge < -0.3 is 14.1 Å². The van der Waals surface area contributed by atoms with Crippen molar-refractivity contribution in [2.45, 2.75) is 64.5 Å². The van der Waals surface area contributed by atoms with Crippen LogP contribution in [0.2, 0.25) is 0 Å². The van der Waals surface area contributed by atoms with E-state index in [0.717, 1.165) is 50.8 Å².